The van der Waals surface area contributed by atoms with Crippen LogP contribution in [0.3, 0.4) is 0 Å². The van der Waals surface area contributed by atoms with Crippen LogP contribution in [0.15, 0.2) is 36.5 Å². The fraction of sp³-hybridized carbons (Fsp3) is 0.231. The number of carbonyl (C=O) groups is 2. The molecule has 0 spiro atoms. The highest BCUT2D eigenvalue weighted by atomic mass is 16.5. The predicted molar refractivity (Wildman–Crippen MR) is 132 cm³/mol. The molecular formula is C26H26N4O5. The average Bonchev–Trinajstić information content (AvgIpc) is 2.84. The molecule has 0 aliphatic rings. The van der Waals surface area contributed by atoms with E-state index in [1.807, 2.05) is 30.3 Å². The molecule has 9 nitrogen and oxygen atoms in total. The van der Waals surface area contributed by atoms with Crippen molar-refractivity contribution in [2.45, 2.75) is 19.8 Å². The SMILES string of the molecule is C#Cc1c(Cc2cnc(N)nc2N)c(-c2ccccc2)c(OC)c(OC)c1C(=O)CC(=O)OCC. The number of rotatable bonds is 9. The lowest BCUT2D eigenvalue weighted by Gasteiger charge is -2.23. The topological polar surface area (TPSA) is 140 Å². The smallest absolute Gasteiger partial charge is 0.313 e. The molecule has 1 aromatic heterocycles. The molecule has 180 valence electrons. The second-order valence-electron chi connectivity index (χ2n) is 7.40. The van der Waals surface area contributed by atoms with E-state index < -0.39 is 18.2 Å². The monoisotopic (exact) mass is 474 g/mol. The van der Waals surface area contributed by atoms with Crippen LogP contribution in [0.1, 0.15) is 40.4 Å². The second-order valence-corrected chi connectivity index (χ2v) is 7.40. The molecule has 0 saturated carbocycles. The van der Waals surface area contributed by atoms with Crippen molar-refractivity contribution in [1.82, 2.24) is 9.97 Å². The highest BCUT2D eigenvalue weighted by molar-refractivity contribution is 6.11. The number of aromatic nitrogens is 2. The van der Waals surface area contributed by atoms with Crippen molar-refractivity contribution in [3.05, 3.63) is 58.8 Å². The van der Waals surface area contributed by atoms with Gasteiger partial charge in [0.05, 0.1) is 26.4 Å². The standard InChI is InChI=1S/C26H26N4O5/c1-5-17-18(12-16-14-29-26(28)30-25(16)27)21(15-10-8-7-9-11-15)23(33-3)24(34-4)22(17)19(31)13-20(32)35-6-2/h1,7-11,14H,6,12-13H2,2-4H3,(H4,27,28,29,30). The third kappa shape index (κ3) is 5.17. The number of hydrogen-bond donors (Lipinski definition) is 2. The van der Waals surface area contributed by atoms with Gasteiger partial charge in [-0.25, -0.2) is 4.98 Å². The van der Waals surface area contributed by atoms with Crippen molar-refractivity contribution >= 4 is 23.5 Å². The molecule has 0 atom stereocenters. The molecule has 35 heavy (non-hydrogen) atoms. The van der Waals surface area contributed by atoms with E-state index in [0.717, 1.165) is 5.56 Å². The van der Waals surface area contributed by atoms with Gasteiger partial charge in [0.2, 0.25) is 5.95 Å². The third-order valence-electron chi connectivity index (χ3n) is 5.30. The van der Waals surface area contributed by atoms with Crippen LogP contribution < -0.4 is 20.9 Å². The van der Waals surface area contributed by atoms with Crippen LogP contribution in [0.25, 0.3) is 11.1 Å². The summed E-state index contributed by atoms with van der Waals surface area (Å²) in [6, 6.07) is 9.36. The van der Waals surface area contributed by atoms with Crippen LogP contribution in [0.2, 0.25) is 0 Å². The van der Waals surface area contributed by atoms with Crippen LogP contribution in [-0.2, 0) is 16.0 Å². The Morgan fingerprint density at radius 2 is 1.77 bits per heavy atom. The second kappa shape index (κ2) is 11.0. The van der Waals surface area contributed by atoms with Gasteiger partial charge < -0.3 is 25.7 Å². The van der Waals surface area contributed by atoms with Crippen molar-refractivity contribution in [2.24, 2.45) is 0 Å². The Balaban J connectivity index is 2.38. The molecule has 4 N–H and O–H groups in total. The van der Waals surface area contributed by atoms with Crippen molar-refractivity contribution in [3.63, 3.8) is 0 Å². The zero-order valence-corrected chi connectivity index (χ0v) is 19.8. The maximum Gasteiger partial charge on any atom is 0.313 e. The van der Waals surface area contributed by atoms with Gasteiger partial charge in [0.1, 0.15) is 12.2 Å². The zero-order valence-electron chi connectivity index (χ0n) is 19.8. The molecule has 0 fully saturated rings. The number of hydrogen-bond acceptors (Lipinski definition) is 9. The Morgan fingerprint density at radius 1 is 1.09 bits per heavy atom. The lowest BCUT2D eigenvalue weighted by molar-refractivity contribution is -0.141. The van der Waals surface area contributed by atoms with Crippen molar-refractivity contribution < 1.29 is 23.8 Å². The number of terminal acetylenes is 1. The average molecular weight is 475 g/mol. The maximum atomic E-state index is 13.3. The first-order chi connectivity index (χ1) is 16.9. The fourth-order valence-corrected chi connectivity index (χ4v) is 3.85. The number of nitrogen functional groups attached to an aromatic ring is 2. The van der Waals surface area contributed by atoms with Gasteiger partial charge in [-0.1, -0.05) is 36.3 Å². The third-order valence-corrected chi connectivity index (χ3v) is 5.30. The van der Waals surface area contributed by atoms with Crippen molar-refractivity contribution in [3.8, 4) is 35.0 Å². The lowest BCUT2D eigenvalue weighted by Crippen LogP contribution is -2.16. The van der Waals surface area contributed by atoms with Gasteiger partial charge >= 0.3 is 5.97 Å². The Kier molecular flexibility index (Phi) is 7.89. The Labute approximate surface area is 203 Å². The highest BCUT2D eigenvalue weighted by Crippen LogP contribution is 2.46. The number of Topliss-reactive ketones (excluding diaryl/α,β-unsaturated/α-hetero) is 1. The molecule has 0 unspecified atom stereocenters. The summed E-state index contributed by atoms with van der Waals surface area (Å²) in [5.74, 6) is 2.00. The number of ether oxygens (including phenoxy) is 3. The minimum atomic E-state index is -0.675. The van der Waals surface area contributed by atoms with E-state index in [4.69, 9.17) is 32.1 Å². The van der Waals surface area contributed by atoms with Gasteiger partial charge in [-0.2, -0.15) is 4.98 Å². The molecule has 2 aromatic carbocycles. The number of anilines is 2. The van der Waals surface area contributed by atoms with E-state index in [-0.39, 0.29) is 47.4 Å². The van der Waals surface area contributed by atoms with Gasteiger partial charge in [-0.3, -0.25) is 9.59 Å². The lowest BCUT2D eigenvalue weighted by atomic mass is 9.85. The molecule has 3 aromatic rings. The molecule has 0 aliphatic heterocycles. The van der Waals surface area contributed by atoms with E-state index in [1.165, 1.54) is 20.4 Å². The maximum absolute atomic E-state index is 13.3. The van der Waals surface area contributed by atoms with Gasteiger partial charge in [-0.15, -0.1) is 6.42 Å². The first-order valence-corrected chi connectivity index (χ1v) is 10.7. The summed E-state index contributed by atoms with van der Waals surface area (Å²) in [5.41, 5.74) is 14.5. The molecule has 0 bridgehead atoms. The molecular weight excluding hydrogens is 448 g/mol. The number of benzene rings is 2. The molecule has 1 heterocycles. The summed E-state index contributed by atoms with van der Waals surface area (Å²) < 4.78 is 16.3. The van der Waals surface area contributed by atoms with Gasteiger partial charge in [-0.05, 0) is 18.1 Å². The van der Waals surface area contributed by atoms with E-state index in [9.17, 15) is 9.59 Å². The van der Waals surface area contributed by atoms with Gasteiger partial charge in [0.25, 0.3) is 0 Å². The largest absolute Gasteiger partial charge is 0.492 e. The van der Waals surface area contributed by atoms with Crippen LogP contribution in [0.4, 0.5) is 11.8 Å². The summed E-state index contributed by atoms with van der Waals surface area (Å²) in [5, 5.41) is 0. The highest BCUT2D eigenvalue weighted by Gasteiger charge is 2.30. The quantitative estimate of drug-likeness (QED) is 0.207. The number of nitrogens with two attached hydrogens (primary N) is 2. The summed E-state index contributed by atoms with van der Waals surface area (Å²) in [4.78, 5) is 33.5. The fourth-order valence-electron chi connectivity index (χ4n) is 3.85. The van der Waals surface area contributed by atoms with E-state index in [1.54, 1.807) is 6.92 Å². The number of nitrogens with zero attached hydrogens (tertiary/aromatic N) is 2. The molecule has 0 aliphatic carbocycles. The Hall–Kier alpha value is -4.58. The van der Waals surface area contributed by atoms with Gasteiger partial charge in [0, 0.05) is 29.3 Å². The van der Waals surface area contributed by atoms with Crippen molar-refractivity contribution in [2.75, 3.05) is 32.3 Å². The Bertz CT molecular complexity index is 1300. The van der Waals surface area contributed by atoms with Crippen LogP contribution in [-0.4, -0.2) is 42.5 Å². The summed E-state index contributed by atoms with van der Waals surface area (Å²) in [7, 11) is 2.86. The molecule has 0 saturated heterocycles. The van der Waals surface area contributed by atoms with Gasteiger partial charge in [0.15, 0.2) is 17.3 Å². The molecule has 3 rings (SSSR count). The first-order valence-electron chi connectivity index (χ1n) is 10.7. The molecule has 0 radical (unpaired) electrons. The summed E-state index contributed by atoms with van der Waals surface area (Å²) in [6.07, 6.45) is 7.11. The normalized spacial score (nSPS) is 10.3. The van der Waals surface area contributed by atoms with Crippen LogP contribution >= 0.6 is 0 Å². The van der Waals surface area contributed by atoms with E-state index >= 15 is 0 Å². The Morgan fingerprint density at radius 3 is 2.34 bits per heavy atom. The molecule has 9 heteroatoms. The van der Waals surface area contributed by atoms with E-state index in [2.05, 4.69) is 15.9 Å². The predicted octanol–water partition coefficient (Wildman–Crippen LogP) is 3.03. The van der Waals surface area contributed by atoms with E-state index in [0.29, 0.717) is 16.7 Å². The summed E-state index contributed by atoms with van der Waals surface area (Å²) >= 11 is 0. The summed E-state index contributed by atoms with van der Waals surface area (Å²) in [6.45, 7) is 1.80. The minimum absolute atomic E-state index is 0.0318. The zero-order chi connectivity index (χ0) is 25.5. The van der Waals surface area contributed by atoms with Crippen molar-refractivity contribution in [1.29, 1.82) is 0 Å². The van der Waals surface area contributed by atoms with Crippen LogP contribution in [0.5, 0.6) is 11.5 Å². The minimum Gasteiger partial charge on any atom is -0.492 e. The first kappa shape index (κ1) is 25.1. The number of carbonyl (C=O) groups excluding carboxylic acids is 2. The molecule has 0 amide bonds. The number of ketones is 1. The van der Waals surface area contributed by atoms with Crippen LogP contribution in [0, 0.1) is 12.3 Å². The number of methoxy groups -OCH3 is 2. The number of esters is 1.